The number of anilines is 3. The first-order valence-corrected chi connectivity index (χ1v) is 14.7. The summed E-state index contributed by atoms with van der Waals surface area (Å²) in [5, 5.41) is 7.45. The van der Waals surface area contributed by atoms with Crippen molar-refractivity contribution < 1.29 is 0 Å². The molecule has 7 aromatic carbocycles. The van der Waals surface area contributed by atoms with E-state index in [1.54, 1.807) is 0 Å². The van der Waals surface area contributed by atoms with Crippen LogP contribution in [0, 0.1) is 0 Å². The minimum absolute atomic E-state index is 1.12. The fraction of sp³-hybridized carbons (Fsp3) is 0. The highest BCUT2D eigenvalue weighted by molar-refractivity contribution is 6.18. The number of nitrogens with one attached hydrogen (secondary N) is 1. The number of benzene rings is 7. The van der Waals surface area contributed by atoms with Crippen molar-refractivity contribution in [1.82, 2.24) is 9.55 Å². The second kappa shape index (κ2) is 9.37. The van der Waals surface area contributed by atoms with Crippen LogP contribution in [-0.2, 0) is 0 Å². The van der Waals surface area contributed by atoms with Crippen molar-refractivity contribution in [3.8, 4) is 5.69 Å². The van der Waals surface area contributed by atoms with Crippen molar-refractivity contribution in [2.24, 2.45) is 0 Å². The Morgan fingerprint density at radius 3 is 1.95 bits per heavy atom. The second-order valence-electron chi connectivity index (χ2n) is 11.1. The van der Waals surface area contributed by atoms with Crippen molar-refractivity contribution in [2.45, 2.75) is 0 Å². The van der Waals surface area contributed by atoms with E-state index in [2.05, 4.69) is 172 Å². The third kappa shape index (κ3) is 3.68. The fourth-order valence-corrected chi connectivity index (χ4v) is 6.75. The predicted octanol–water partition coefficient (Wildman–Crippen LogP) is 11.0. The molecule has 43 heavy (non-hydrogen) atoms. The summed E-state index contributed by atoms with van der Waals surface area (Å²) in [5.41, 5.74) is 9.30. The molecule has 9 rings (SSSR count). The zero-order valence-electron chi connectivity index (χ0n) is 23.4. The molecule has 3 heteroatoms. The van der Waals surface area contributed by atoms with E-state index in [-0.39, 0.29) is 0 Å². The maximum atomic E-state index is 3.63. The van der Waals surface area contributed by atoms with Crippen molar-refractivity contribution >= 4 is 71.4 Å². The lowest BCUT2D eigenvalue weighted by molar-refractivity contribution is 1.18. The van der Waals surface area contributed by atoms with Gasteiger partial charge in [0.05, 0.1) is 16.7 Å². The van der Waals surface area contributed by atoms with E-state index in [0.29, 0.717) is 0 Å². The van der Waals surface area contributed by atoms with E-state index in [0.717, 1.165) is 22.7 Å². The summed E-state index contributed by atoms with van der Waals surface area (Å²) >= 11 is 0. The highest BCUT2D eigenvalue weighted by Crippen LogP contribution is 2.40. The maximum absolute atomic E-state index is 3.63. The number of para-hydroxylation sites is 3. The fourth-order valence-electron chi connectivity index (χ4n) is 6.75. The minimum Gasteiger partial charge on any atom is -0.354 e. The molecule has 202 valence electrons. The maximum Gasteiger partial charge on any atom is 0.0548 e. The van der Waals surface area contributed by atoms with Crippen LogP contribution in [-0.4, -0.2) is 9.55 Å². The van der Waals surface area contributed by atoms with Gasteiger partial charge in [-0.2, -0.15) is 0 Å². The first-order chi connectivity index (χ1) is 21.3. The Kier molecular flexibility index (Phi) is 5.20. The van der Waals surface area contributed by atoms with E-state index in [1.807, 2.05) is 0 Å². The molecule has 0 aliphatic heterocycles. The number of H-pyrrole nitrogens is 1. The molecule has 0 aliphatic carbocycles. The molecule has 0 unspecified atom stereocenters. The van der Waals surface area contributed by atoms with Crippen LogP contribution >= 0.6 is 0 Å². The van der Waals surface area contributed by atoms with Crippen LogP contribution in [0.5, 0.6) is 0 Å². The zero-order chi connectivity index (χ0) is 28.3. The zero-order valence-corrected chi connectivity index (χ0v) is 23.4. The predicted molar refractivity (Wildman–Crippen MR) is 182 cm³/mol. The third-order valence-electron chi connectivity index (χ3n) is 8.69. The summed E-state index contributed by atoms with van der Waals surface area (Å²) in [4.78, 5) is 5.99. The summed E-state index contributed by atoms with van der Waals surface area (Å²) in [6, 6.07) is 56.7. The standard InChI is InChI=1S/C40H27N3/c1-2-13-28(14-3-1)42(38-20-10-12-27-11-4-5-15-31(27)38)29-21-23-30(24-22-29)43-39-19-9-7-17-33(39)35-25-37-34(26-40(35)43)32-16-6-8-18-36(32)41-37/h1-26,41H. The van der Waals surface area contributed by atoms with Crippen LogP contribution in [0.4, 0.5) is 17.1 Å². The van der Waals surface area contributed by atoms with Gasteiger partial charge in [0.2, 0.25) is 0 Å². The first-order valence-electron chi connectivity index (χ1n) is 14.7. The molecule has 0 saturated heterocycles. The van der Waals surface area contributed by atoms with E-state index in [1.165, 1.54) is 54.4 Å². The number of aromatic nitrogens is 2. The molecule has 0 bridgehead atoms. The number of rotatable bonds is 4. The highest BCUT2D eigenvalue weighted by Gasteiger charge is 2.18. The molecule has 2 aromatic heterocycles. The van der Waals surface area contributed by atoms with E-state index >= 15 is 0 Å². The lowest BCUT2D eigenvalue weighted by Gasteiger charge is -2.27. The number of nitrogens with zero attached hydrogens (tertiary/aromatic N) is 2. The Balaban J connectivity index is 1.25. The molecule has 9 aromatic rings. The number of hydrogen-bond donors (Lipinski definition) is 1. The van der Waals surface area contributed by atoms with E-state index in [4.69, 9.17) is 0 Å². The molecule has 3 nitrogen and oxygen atoms in total. The Morgan fingerprint density at radius 1 is 0.419 bits per heavy atom. The topological polar surface area (TPSA) is 24.0 Å². The number of aromatic amines is 1. The quantitative estimate of drug-likeness (QED) is 0.232. The average Bonchev–Trinajstić information content (AvgIpc) is 3.60. The van der Waals surface area contributed by atoms with Gasteiger partial charge < -0.3 is 14.5 Å². The molecule has 0 spiro atoms. The van der Waals surface area contributed by atoms with Crippen LogP contribution in [0.3, 0.4) is 0 Å². The summed E-state index contributed by atoms with van der Waals surface area (Å²) in [5.74, 6) is 0. The monoisotopic (exact) mass is 549 g/mol. The van der Waals surface area contributed by atoms with Gasteiger partial charge in [-0.1, -0.05) is 91.0 Å². The van der Waals surface area contributed by atoms with Gasteiger partial charge in [-0.3, -0.25) is 0 Å². The van der Waals surface area contributed by atoms with Crippen LogP contribution in [0.2, 0.25) is 0 Å². The third-order valence-corrected chi connectivity index (χ3v) is 8.69. The summed E-state index contributed by atoms with van der Waals surface area (Å²) in [6.07, 6.45) is 0. The molecule has 0 radical (unpaired) electrons. The largest absolute Gasteiger partial charge is 0.354 e. The van der Waals surface area contributed by atoms with Crippen molar-refractivity contribution in [3.63, 3.8) is 0 Å². The molecule has 0 saturated carbocycles. The Hall–Kier alpha value is -5.80. The molecule has 0 aliphatic rings. The minimum atomic E-state index is 1.12. The van der Waals surface area contributed by atoms with Gasteiger partial charge in [0.15, 0.2) is 0 Å². The first kappa shape index (κ1) is 23.9. The Bertz CT molecular complexity index is 2440. The Morgan fingerprint density at radius 2 is 1.09 bits per heavy atom. The highest BCUT2D eigenvalue weighted by atomic mass is 15.1. The van der Waals surface area contributed by atoms with Crippen molar-refractivity contribution in [3.05, 3.63) is 158 Å². The smallest absolute Gasteiger partial charge is 0.0548 e. The van der Waals surface area contributed by atoms with Gasteiger partial charge in [-0.25, -0.2) is 0 Å². The molecular formula is C40H27N3. The lowest BCUT2D eigenvalue weighted by Crippen LogP contribution is -2.10. The van der Waals surface area contributed by atoms with Crippen LogP contribution in [0.15, 0.2) is 158 Å². The normalized spacial score (nSPS) is 11.7. The molecule has 0 amide bonds. The second-order valence-corrected chi connectivity index (χ2v) is 11.1. The average molecular weight is 550 g/mol. The van der Waals surface area contributed by atoms with Crippen LogP contribution in [0.1, 0.15) is 0 Å². The molecule has 0 fully saturated rings. The molecular weight excluding hydrogens is 522 g/mol. The Labute approximate surface area is 248 Å². The van der Waals surface area contributed by atoms with Gasteiger partial charge in [0.25, 0.3) is 0 Å². The molecule has 0 atom stereocenters. The lowest BCUT2D eigenvalue weighted by atomic mass is 10.1. The van der Waals surface area contributed by atoms with Crippen molar-refractivity contribution in [2.75, 3.05) is 4.90 Å². The van der Waals surface area contributed by atoms with E-state index < -0.39 is 0 Å². The van der Waals surface area contributed by atoms with Gasteiger partial charge in [-0.15, -0.1) is 0 Å². The number of hydrogen-bond acceptors (Lipinski definition) is 1. The van der Waals surface area contributed by atoms with Gasteiger partial charge in [0, 0.05) is 55.0 Å². The summed E-state index contributed by atoms with van der Waals surface area (Å²) in [6.45, 7) is 0. The van der Waals surface area contributed by atoms with E-state index in [9.17, 15) is 0 Å². The van der Waals surface area contributed by atoms with Crippen LogP contribution in [0.25, 0.3) is 60.1 Å². The SMILES string of the molecule is c1ccc(N(c2ccc(-n3c4ccccc4c4cc5[nH]c6ccccc6c5cc43)cc2)c2cccc3ccccc23)cc1. The van der Waals surface area contributed by atoms with Crippen LogP contribution < -0.4 is 4.90 Å². The van der Waals surface area contributed by atoms with Gasteiger partial charge in [0.1, 0.15) is 0 Å². The van der Waals surface area contributed by atoms with Gasteiger partial charge in [-0.05, 0) is 72.1 Å². The number of fused-ring (bicyclic) bond motifs is 7. The molecule has 1 N–H and O–H groups in total. The summed E-state index contributed by atoms with van der Waals surface area (Å²) < 4.78 is 2.40. The summed E-state index contributed by atoms with van der Waals surface area (Å²) in [7, 11) is 0. The van der Waals surface area contributed by atoms with Gasteiger partial charge >= 0.3 is 0 Å². The van der Waals surface area contributed by atoms with Crippen molar-refractivity contribution in [1.29, 1.82) is 0 Å². The molecule has 2 heterocycles.